The molecule has 4 nitrogen and oxygen atoms in total. The molecule has 0 bridgehead atoms. The van der Waals surface area contributed by atoms with E-state index in [1.165, 1.54) is 0 Å². The maximum absolute atomic E-state index is 6.41. The first kappa shape index (κ1) is 21.9. The van der Waals surface area contributed by atoms with Crippen LogP contribution in [0.5, 0.6) is 5.75 Å². The smallest absolute Gasteiger partial charge is 0.132 e. The van der Waals surface area contributed by atoms with Crippen molar-refractivity contribution in [3.63, 3.8) is 0 Å². The van der Waals surface area contributed by atoms with Gasteiger partial charge in [-0.25, -0.2) is 0 Å². The highest BCUT2D eigenvalue weighted by atomic mass is 35.5. The first-order valence-corrected chi connectivity index (χ1v) is 10.9. The zero-order chi connectivity index (χ0) is 20.9. The van der Waals surface area contributed by atoms with Gasteiger partial charge in [0.1, 0.15) is 23.6 Å². The van der Waals surface area contributed by atoms with Crippen molar-refractivity contribution in [2.75, 3.05) is 18.5 Å². The largest absolute Gasteiger partial charge is 0.485 e. The normalized spacial score (nSPS) is 20.0. The van der Waals surface area contributed by atoms with Gasteiger partial charge in [-0.1, -0.05) is 43.1 Å². The summed E-state index contributed by atoms with van der Waals surface area (Å²) < 4.78 is 19.1. The third-order valence-corrected chi connectivity index (χ3v) is 5.57. The van der Waals surface area contributed by atoms with Crippen LogP contribution in [0, 0.1) is 0 Å². The Morgan fingerprint density at radius 2 is 1.90 bits per heavy atom. The molecule has 0 spiro atoms. The van der Waals surface area contributed by atoms with Crippen LogP contribution in [0.4, 0.5) is 5.69 Å². The summed E-state index contributed by atoms with van der Waals surface area (Å²) in [5, 5.41) is 4.09. The van der Waals surface area contributed by atoms with Gasteiger partial charge < -0.3 is 19.5 Å². The number of nitrogens with one attached hydrogen (secondary N) is 1. The summed E-state index contributed by atoms with van der Waals surface area (Å²) in [5.74, 6) is 0.857. The molecule has 2 atom stereocenters. The van der Waals surface area contributed by atoms with Crippen LogP contribution in [0.2, 0.25) is 5.02 Å². The van der Waals surface area contributed by atoms with Gasteiger partial charge >= 0.3 is 0 Å². The van der Waals surface area contributed by atoms with Gasteiger partial charge in [0, 0.05) is 29.4 Å². The predicted molar refractivity (Wildman–Crippen MR) is 119 cm³/mol. The molecule has 2 aromatic carbocycles. The number of unbranched alkanes of at least 4 members (excludes halogenated alkanes) is 1. The molecule has 0 fully saturated rings. The number of anilines is 1. The number of rotatable bonds is 9. The Bertz CT molecular complexity index is 808. The van der Waals surface area contributed by atoms with E-state index in [1.54, 1.807) is 0 Å². The molecular formula is C24H32ClNO3. The van der Waals surface area contributed by atoms with Crippen molar-refractivity contribution < 1.29 is 14.2 Å². The highest BCUT2D eigenvalue weighted by molar-refractivity contribution is 6.31. The number of halogens is 1. The standard InChI is InChI=1S/C24H32ClNO3/c1-5-7-14-27-22-19-15-18(26-6-2)12-13-21(19)29-24(3,4)23(22)28-16-17-10-8-9-11-20(17)25/h8-13,15,22-23,26H,5-7,14,16H2,1-4H3. The maximum atomic E-state index is 6.41. The van der Waals surface area contributed by atoms with Crippen LogP contribution in [-0.2, 0) is 16.1 Å². The van der Waals surface area contributed by atoms with E-state index in [2.05, 4.69) is 39.1 Å². The van der Waals surface area contributed by atoms with E-state index in [9.17, 15) is 0 Å². The van der Waals surface area contributed by atoms with Crippen molar-refractivity contribution in [3.05, 3.63) is 58.6 Å². The van der Waals surface area contributed by atoms with Crippen LogP contribution in [0.25, 0.3) is 0 Å². The van der Waals surface area contributed by atoms with E-state index in [0.29, 0.717) is 18.2 Å². The number of benzene rings is 2. The van der Waals surface area contributed by atoms with E-state index in [4.69, 9.17) is 25.8 Å². The molecule has 0 radical (unpaired) electrons. The lowest BCUT2D eigenvalue weighted by atomic mass is 9.87. The highest BCUT2D eigenvalue weighted by Crippen LogP contribution is 2.44. The summed E-state index contributed by atoms with van der Waals surface area (Å²) in [5.41, 5.74) is 2.51. The Balaban J connectivity index is 1.90. The molecule has 1 N–H and O–H groups in total. The van der Waals surface area contributed by atoms with Crippen molar-refractivity contribution in [1.29, 1.82) is 0 Å². The fraction of sp³-hybridized carbons (Fsp3) is 0.500. The minimum atomic E-state index is -0.537. The average molecular weight is 418 g/mol. The summed E-state index contributed by atoms with van der Waals surface area (Å²) in [6.07, 6.45) is 1.63. The number of hydrogen-bond acceptors (Lipinski definition) is 4. The molecule has 0 aliphatic carbocycles. The van der Waals surface area contributed by atoms with Gasteiger partial charge in [-0.3, -0.25) is 0 Å². The van der Waals surface area contributed by atoms with Crippen LogP contribution in [0.1, 0.15) is 57.8 Å². The number of fused-ring (bicyclic) bond motifs is 1. The van der Waals surface area contributed by atoms with E-state index < -0.39 is 5.60 Å². The van der Waals surface area contributed by atoms with Gasteiger partial charge in [-0.05, 0) is 57.0 Å². The van der Waals surface area contributed by atoms with E-state index in [0.717, 1.165) is 42.0 Å². The quantitative estimate of drug-likeness (QED) is 0.480. The van der Waals surface area contributed by atoms with E-state index in [-0.39, 0.29) is 12.2 Å². The second-order valence-corrected chi connectivity index (χ2v) is 8.36. The van der Waals surface area contributed by atoms with Gasteiger partial charge in [0.05, 0.1) is 6.61 Å². The first-order valence-electron chi connectivity index (χ1n) is 10.5. The molecule has 0 aromatic heterocycles. The molecule has 0 saturated carbocycles. The van der Waals surface area contributed by atoms with Crippen molar-refractivity contribution in [2.24, 2.45) is 0 Å². The van der Waals surface area contributed by atoms with Gasteiger partial charge in [0.25, 0.3) is 0 Å². The van der Waals surface area contributed by atoms with Gasteiger partial charge in [0.2, 0.25) is 0 Å². The number of hydrogen-bond donors (Lipinski definition) is 1. The highest BCUT2D eigenvalue weighted by Gasteiger charge is 2.45. The molecule has 158 valence electrons. The summed E-state index contributed by atoms with van der Waals surface area (Å²) in [6.45, 7) is 10.3. The van der Waals surface area contributed by atoms with Crippen molar-refractivity contribution in [2.45, 2.75) is 65.0 Å². The van der Waals surface area contributed by atoms with Crippen molar-refractivity contribution >= 4 is 17.3 Å². The minimum Gasteiger partial charge on any atom is -0.485 e. The van der Waals surface area contributed by atoms with Crippen LogP contribution < -0.4 is 10.1 Å². The van der Waals surface area contributed by atoms with Crippen LogP contribution in [0.15, 0.2) is 42.5 Å². The van der Waals surface area contributed by atoms with Crippen molar-refractivity contribution in [1.82, 2.24) is 0 Å². The van der Waals surface area contributed by atoms with Gasteiger partial charge in [0.15, 0.2) is 0 Å². The molecule has 0 amide bonds. The zero-order valence-electron chi connectivity index (χ0n) is 17.8. The van der Waals surface area contributed by atoms with Crippen molar-refractivity contribution in [3.8, 4) is 5.75 Å². The Labute approximate surface area is 179 Å². The third kappa shape index (κ3) is 5.25. The molecule has 2 unspecified atom stereocenters. The Morgan fingerprint density at radius 1 is 1.10 bits per heavy atom. The Hall–Kier alpha value is -1.75. The molecule has 3 rings (SSSR count). The fourth-order valence-corrected chi connectivity index (χ4v) is 3.85. The molecule has 2 aromatic rings. The van der Waals surface area contributed by atoms with Crippen LogP contribution in [-0.4, -0.2) is 24.9 Å². The zero-order valence-corrected chi connectivity index (χ0v) is 18.6. The summed E-state index contributed by atoms with van der Waals surface area (Å²) >= 11 is 6.34. The first-order chi connectivity index (χ1) is 14.0. The number of ether oxygens (including phenoxy) is 3. The van der Waals surface area contributed by atoms with Crippen LogP contribution >= 0.6 is 11.6 Å². The predicted octanol–water partition coefficient (Wildman–Crippen LogP) is 6.39. The Morgan fingerprint density at radius 3 is 2.62 bits per heavy atom. The lowest BCUT2D eigenvalue weighted by molar-refractivity contribution is -0.167. The lowest BCUT2D eigenvalue weighted by Crippen LogP contribution is -2.51. The molecule has 1 aliphatic rings. The van der Waals surface area contributed by atoms with Gasteiger partial charge in [-0.2, -0.15) is 0 Å². The molecule has 29 heavy (non-hydrogen) atoms. The molecule has 0 saturated heterocycles. The fourth-order valence-electron chi connectivity index (χ4n) is 3.66. The third-order valence-electron chi connectivity index (χ3n) is 5.20. The van der Waals surface area contributed by atoms with Crippen LogP contribution in [0.3, 0.4) is 0 Å². The Kier molecular flexibility index (Phi) is 7.44. The monoisotopic (exact) mass is 417 g/mol. The molecule has 1 heterocycles. The van der Waals surface area contributed by atoms with E-state index in [1.807, 2.05) is 36.4 Å². The summed E-state index contributed by atoms with van der Waals surface area (Å²) in [6, 6.07) is 14.0. The SMILES string of the molecule is CCCCOC1c2cc(NCC)ccc2OC(C)(C)C1OCc1ccccc1Cl. The summed E-state index contributed by atoms with van der Waals surface area (Å²) in [7, 11) is 0. The van der Waals surface area contributed by atoms with E-state index >= 15 is 0 Å². The lowest BCUT2D eigenvalue weighted by Gasteiger charge is -2.44. The topological polar surface area (TPSA) is 39.7 Å². The molecule has 5 heteroatoms. The summed E-state index contributed by atoms with van der Waals surface area (Å²) in [4.78, 5) is 0. The molecular weight excluding hydrogens is 386 g/mol. The second-order valence-electron chi connectivity index (χ2n) is 7.96. The molecule has 1 aliphatic heterocycles. The maximum Gasteiger partial charge on any atom is 0.132 e. The average Bonchev–Trinajstić information content (AvgIpc) is 2.69. The second kappa shape index (κ2) is 9.84. The minimum absolute atomic E-state index is 0.207. The van der Waals surface area contributed by atoms with Gasteiger partial charge in [-0.15, -0.1) is 0 Å².